The highest BCUT2D eigenvalue weighted by molar-refractivity contribution is 5.75. The van der Waals surface area contributed by atoms with Crippen molar-refractivity contribution < 1.29 is 13.7 Å². The summed E-state index contributed by atoms with van der Waals surface area (Å²) in [6, 6.07) is 3.50. The van der Waals surface area contributed by atoms with Crippen LogP contribution in [0.4, 0.5) is 0 Å². The van der Waals surface area contributed by atoms with Crippen LogP contribution in [0.2, 0.25) is 0 Å². The first-order valence-electron chi connectivity index (χ1n) is 6.24. The molecule has 0 atom stereocenters. The van der Waals surface area contributed by atoms with Crippen molar-refractivity contribution in [1.82, 2.24) is 15.0 Å². The van der Waals surface area contributed by atoms with Crippen LogP contribution in [0.25, 0.3) is 0 Å². The predicted molar refractivity (Wildman–Crippen MR) is 70.0 cm³/mol. The molecule has 0 bridgehead atoms. The van der Waals surface area contributed by atoms with Crippen LogP contribution in [0.3, 0.4) is 0 Å². The number of carbonyl (C=O) groups excluding carboxylic acids is 1. The van der Waals surface area contributed by atoms with Gasteiger partial charge in [0.05, 0.1) is 12.8 Å². The number of amides is 1. The van der Waals surface area contributed by atoms with Gasteiger partial charge in [-0.2, -0.15) is 0 Å². The zero-order valence-electron chi connectivity index (χ0n) is 11.7. The summed E-state index contributed by atoms with van der Waals surface area (Å²) in [6.07, 6.45) is 1.53. The summed E-state index contributed by atoms with van der Waals surface area (Å²) in [4.78, 5) is 23.4. The average Bonchev–Trinajstić information content (AvgIpc) is 2.97. The minimum Gasteiger partial charge on any atom is -0.467 e. The van der Waals surface area contributed by atoms with E-state index in [9.17, 15) is 9.59 Å². The molecule has 2 heterocycles. The lowest BCUT2D eigenvalue weighted by atomic mass is 9.96. The van der Waals surface area contributed by atoms with Crippen molar-refractivity contribution in [1.29, 1.82) is 0 Å². The Kier molecular flexibility index (Phi) is 3.78. The molecule has 0 radical (unpaired) electrons. The first kappa shape index (κ1) is 14.1. The van der Waals surface area contributed by atoms with Crippen LogP contribution in [-0.4, -0.2) is 15.6 Å². The third-order valence-corrected chi connectivity index (χ3v) is 2.70. The standard InChI is InChI=1S/C13H17N3O4/c1-13(2,3)11-15-20-12(18)16(11)8-10(17)14-7-9-5-4-6-19-9/h4-6H,7-8H2,1-3H3,(H,14,17). The van der Waals surface area contributed by atoms with Gasteiger partial charge in [0.25, 0.3) is 0 Å². The Bertz CT molecular complexity index is 631. The molecule has 2 aromatic heterocycles. The lowest BCUT2D eigenvalue weighted by Crippen LogP contribution is -2.33. The maximum Gasteiger partial charge on any atom is 0.442 e. The quantitative estimate of drug-likeness (QED) is 0.903. The summed E-state index contributed by atoms with van der Waals surface area (Å²) in [5.74, 6) is 0.142. The second kappa shape index (κ2) is 5.36. The van der Waals surface area contributed by atoms with Crippen LogP contribution in [0.1, 0.15) is 32.4 Å². The van der Waals surface area contributed by atoms with E-state index in [4.69, 9.17) is 4.42 Å². The highest BCUT2D eigenvalue weighted by atomic mass is 16.5. The molecule has 0 spiro atoms. The smallest absolute Gasteiger partial charge is 0.442 e. The summed E-state index contributed by atoms with van der Waals surface area (Å²) in [5, 5.41) is 6.39. The molecule has 1 N–H and O–H groups in total. The van der Waals surface area contributed by atoms with Gasteiger partial charge in [0.2, 0.25) is 5.91 Å². The molecular weight excluding hydrogens is 262 g/mol. The molecule has 2 aromatic rings. The van der Waals surface area contributed by atoms with Crippen molar-refractivity contribution in [2.24, 2.45) is 0 Å². The molecule has 0 unspecified atom stereocenters. The molecule has 0 saturated carbocycles. The van der Waals surface area contributed by atoms with Crippen LogP contribution >= 0.6 is 0 Å². The van der Waals surface area contributed by atoms with Crippen molar-refractivity contribution >= 4 is 5.91 Å². The van der Waals surface area contributed by atoms with E-state index in [2.05, 4.69) is 15.0 Å². The van der Waals surface area contributed by atoms with E-state index in [-0.39, 0.29) is 24.4 Å². The fourth-order valence-electron chi connectivity index (χ4n) is 1.75. The number of furan rings is 1. The Morgan fingerprint density at radius 2 is 2.20 bits per heavy atom. The number of hydrogen-bond donors (Lipinski definition) is 1. The molecule has 20 heavy (non-hydrogen) atoms. The van der Waals surface area contributed by atoms with E-state index in [1.54, 1.807) is 12.1 Å². The van der Waals surface area contributed by atoms with Crippen molar-refractivity contribution in [2.45, 2.75) is 39.3 Å². The SMILES string of the molecule is CC(C)(C)c1noc(=O)n1CC(=O)NCc1ccco1. The Morgan fingerprint density at radius 3 is 2.80 bits per heavy atom. The molecule has 1 amide bonds. The van der Waals surface area contributed by atoms with Crippen LogP contribution in [-0.2, 0) is 23.3 Å². The van der Waals surface area contributed by atoms with Crippen molar-refractivity contribution in [2.75, 3.05) is 0 Å². The van der Waals surface area contributed by atoms with Gasteiger partial charge in [-0.15, -0.1) is 0 Å². The lowest BCUT2D eigenvalue weighted by molar-refractivity contribution is -0.122. The van der Waals surface area contributed by atoms with Crippen molar-refractivity contribution in [3.8, 4) is 0 Å². The first-order valence-corrected chi connectivity index (χ1v) is 6.24. The van der Waals surface area contributed by atoms with Gasteiger partial charge >= 0.3 is 5.76 Å². The fourth-order valence-corrected chi connectivity index (χ4v) is 1.75. The Morgan fingerprint density at radius 1 is 1.45 bits per heavy atom. The summed E-state index contributed by atoms with van der Waals surface area (Å²) < 4.78 is 11.0. The van der Waals surface area contributed by atoms with Gasteiger partial charge in [-0.25, -0.2) is 4.79 Å². The molecule has 7 heteroatoms. The number of nitrogens with one attached hydrogen (secondary N) is 1. The zero-order chi connectivity index (χ0) is 14.8. The average molecular weight is 279 g/mol. The van der Waals surface area contributed by atoms with E-state index >= 15 is 0 Å². The number of rotatable bonds is 4. The van der Waals surface area contributed by atoms with Crippen molar-refractivity contribution in [3.05, 3.63) is 40.5 Å². The highest BCUT2D eigenvalue weighted by Gasteiger charge is 2.25. The van der Waals surface area contributed by atoms with Crippen LogP contribution in [0.15, 0.2) is 32.1 Å². The minimum atomic E-state index is -0.636. The van der Waals surface area contributed by atoms with E-state index in [0.29, 0.717) is 11.6 Å². The van der Waals surface area contributed by atoms with E-state index < -0.39 is 5.76 Å². The monoisotopic (exact) mass is 279 g/mol. The third-order valence-electron chi connectivity index (χ3n) is 2.70. The Labute approximate surface area is 115 Å². The van der Waals surface area contributed by atoms with Gasteiger partial charge in [0.15, 0.2) is 5.82 Å². The van der Waals surface area contributed by atoms with Gasteiger partial charge in [-0.1, -0.05) is 25.9 Å². The zero-order valence-corrected chi connectivity index (χ0v) is 11.7. The Balaban J connectivity index is 2.04. The Hall–Kier alpha value is -2.31. The third kappa shape index (κ3) is 3.17. The fraction of sp³-hybridized carbons (Fsp3) is 0.462. The molecule has 0 fully saturated rings. The topological polar surface area (TPSA) is 90.3 Å². The number of carbonyl (C=O) groups is 1. The molecule has 7 nitrogen and oxygen atoms in total. The van der Waals surface area contributed by atoms with Crippen LogP contribution in [0, 0.1) is 0 Å². The second-order valence-corrected chi connectivity index (χ2v) is 5.46. The molecule has 2 rings (SSSR count). The molecule has 108 valence electrons. The number of nitrogens with zero attached hydrogens (tertiary/aromatic N) is 2. The highest BCUT2D eigenvalue weighted by Crippen LogP contribution is 2.18. The predicted octanol–water partition coefficient (Wildman–Crippen LogP) is 1.04. The summed E-state index contributed by atoms with van der Waals surface area (Å²) in [5.41, 5.74) is -0.381. The molecule has 0 aliphatic heterocycles. The summed E-state index contributed by atoms with van der Waals surface area (Å²) in [6.45, 7) is 5.82. The molecule has 0 aromatic carbocycles. The summed E-state index contributed by atoms with van der Waals surface area (Å²) >= 11 is 0. The molecule has 0 saturated heterocycles. The first-order chi connectivity index (χ1) is 9.38. The largest absolute Gasteiger partial charge is 0.467 e. The van der Waals surface area contributed by atoms with Gasteiger partial charge in [-0.3, -0.25) is 13.9 Å². The van der Waals surface area contributed by atoms with Gasteiger partial charge in [0, 0.05) is 5.41 Å². The van der Waals surface area contributed by atoms with Gasteiger partial charge in [0.1, 0.15) is 12.3 Å². The lowest BCUT2D eigenvalue weighted by Gasteiger charge is -2.16. The molecular formula is C13H17N3O4. The van der Waals surface area contributed by atoms with Gasteiger partial charge in [-0.05, 0) is 12.1 Å². The number of hydrogen-bond acceptors (Lipinski definition) is 5. The number of aromatic nitrogens is 2. The maximum absolute atomic E-state index is 11.9. The van der Waals surface area contributed by atoms with Crippen LogP contribution < -0.4 is 11.1 Å². The minimum absolute atomic E-state index is 0.129. The molecule has 0 aliphatic rings. The van der Waals surface area contributed by atoms with E-state index in [0.717, 1.165) is 0 Å². The van der Waals surface area contributed by atoms with Crippen molar-refractivity contribution in [3.63, 3.8) is 0 Å². The maximum atomic E-state index is 11.9. The van der Waals surface area contributed by atoms with Crippen LogP contribution in [0.5, 0.6) is 0 Å². The van der Waals surface area contributed by atoms with Gasteiger partial charge < -0.3 is 9.73 Å². The normalized spacial score (nSPS) is 11.6. The summed E-state index contributed by atoms with van der Waals surface area (Å²) in [7, 11) is 0. The van der Waals surface area contributed by atoms with E-state index in [1.807, 2.05) is 20.8 Å². The second-order valence-electron chi connectivity index (χ2n) is 5.46. The molecule has 0 aliphatic carbocycles. The van der Waals surface area contributed by atoms with E-state index in [1.165, 1.54) is 10.8 Å².